The molecule has 0 saturated carbocycles. The largest absolute Gasteiger partial charge is 0.369 e. The molecular formula is C22H26FN3O. The summed E-state index contributed by atoms with van der Waals surface area (Å²) in [6.45, 7) is 9.50. The molecule has 1 fully saturated rings. The van der Waals surface area contributed by atoms with Gasteiger partial charge >= 0.3 is 0 Å². The SMILES string of the molecule is CCN1CCN(c2ccc(NC(=O)/C=C/c3cccc(F)c3)c(C)c2)CC1. The van der Waals surface area contributed by atoms with Crippen molar-refractivity contribution in [1.82, 2.24) is 4.90 Å². The summed E-state index contributed by atoms with van der Waals surface area (Å²) in [6, 6.07) is 12.3. The fourth-order valence-corrected chi connectivity index (χ4v) is 3.26. The first kappa shape index (κ1) is 19.1. The molecule has 0 atom stereocenters. The molecule has 27 heavy (non-hydrogen) atoms. The molecule has 3 rings (SSSR count). The number of aryl methyl sites for hydroxylation is 1. The molecule has 0 bridgehead atoms. The summed E-state index contributed by atoms with van der Waals surface area (Å²) in [7, 11) is 0. The number of carbonyl (C=O) groups excluding carboxylic acids is 1. The lowest BCUT2D eigenvalue weighted by molar-refractivity contribution is -0.111. The van der Waals surface area contributed by atoms with E-state index >= 15 is 0 Å². The van der Waals surface area contributed by atoms with Crippen LogP contribution in [0.5, 0.6) is 0 Å². The monoisotopic (exact) mass is 367 g/mol. The zero-order valence-electron chi connectivity index (χ0n) is 15.9. The highest BCUT2D eigenvalue weighted by atomic mass is 19.1. The van der Waals surface area contributed by atoms with E-state index in [9.17, 15) is 9.18 Å². The van der Waals surface area contributed by atoms with E-state index in [1.54, 1.807) is 18.2 Å². The molecule has 0 radical (unpaired) electrons. The van der Waals surface area contributed by atoms with Crippen LogP contribution in [0.2, 0.25) is 0 Å². The number of piperazine rings is 1. The fourth-order valence-electron chi connectivity index (χ4n) is 3.26. The Kier molecular flexibility index (Phi) is 6.24. The molecule has 5 heteroatoms. The summed E-state index contributed by atoms with van der Waals surface area (Å²) < 4.78 is 13.2. The van der Waals surface area contributed by atoms with Crippen molar-refractivity contribution in [2.24, 2.45) is 0 Å². The number of nitrogens with zero attached hydrogens (tertiary/aromatic N) is 2. The van der Waals surface area contributed by atoms with E-state index in [0.29, 0.717) is 5.56 Å². The molecule has 1 amide bonds. The van der Waals surface area contributed by atoms with Gasteiger partial charge in [-0.05, 0) is 61.0 Å². The van der Waals surface area contributed by atoms with Crippen LogP contribution in [0.1, 0.15) is 18.1 Å². The molecule has 0 unspecified atom stereocenters. The molecule has 0 aromatic heterocycles. The Morgan fingerprint density at radius 1 is 1.15 bits per heavy atom. The molecule has 0 spiro atoms. The van der Waals surface area contributed by atoms with Crippen molar-refractivity contribution in [3.8, 4) is 0 Å². The van der Waals surface area contributed by atoms with Crippen LogP contribution in [0.4, 0.5) is 15.8 Å². The predicted octanol–water partition coefficient (Wildman–Crippen LogP) is 3.93. The van der Waals surface area contributed by atoms with E-state index in [1.165, 1.54) is 23.9 Å². The predicted molar refractivity (Wildman–Crippen MR) is 110 cm³/mol. The first-order valence-electron chi connectivity index (χ1n) is 9.38. The second-order valence-electron chi connectivity index (χ2n) is 6.80. The van der Waals surface area contributed by atoms with Gasteiger partial charge in [0.05, 0.1) is 0 Å². The Balaban J connectivity index is 1.61. The van der Waals surface area contributed by atoms with Crippen molar-refractivity contribution in [3.05, 3.63) is 65.5 Å². The number of halogens is 1. The van der Waals surface area contributed by atoms with Crippen LogP contribution >= 0.6 is 0 Å². The number of hydrogen-bond acceptors (Lipinski definition) is 3. The molecule has 0 aliphatic carbocycles. The van der Waals surface area contributed by atoms with Gasteiger partial charge in [-0.3, -0.25) is 4.79 Å². The number of carbonyl (C=O) groups is 1. The Bertz CT molecular complexity index is 826. The van der Waals surface area contributed by atoms with Crippen LogP contribution in [0.25, 0.3) is 6.08 Å². The minimum atomic E-state index is -0.316. The quantitative estimate of drug-likeness (QED) is 0.814. The highest BCUT2D eigenvalue weighted by Gasteiger charge is 2.16. The third kappa shape index (κ3) is 5.17. The van der Waals surface area contributed by atoms with Crippen molar-refractivity contribution in [1.29, 1.82) is 0 Å². The van der Waals surface area contributed by atoms with Gasteiger partial charge in [0.1, 0.15) is 5.82 Å². The van der Waals surface area contributed by atoms with Crippen LogP contribution in [0.3, 0.4) is 0 Å². The standard InChI is InChI=1S/C22H26FN3O/c1-3-25-11-13-26(14-12-25)20-8-9-21(17(2)15-20)24-22(27)10-7-18-5-4-6-19(23)16-18/h4-10,15-16H,3,11-14H2,1-2H3,(H,24,27)/b10-7+. The van der Waals surface area contributed by atoms with Gasteiger partial charge in [0.25, 0.3) is 0 Å². The number of rotatable bonds is 5. The first-order valence-corrected chi connectivity index (χ1v) is 9.38. The van der Waals surface area contributed by atoms with Crippen LogP contribution < -0.4 is 10.2 Å². The van der Waals surface area contributed by atoms with E-state index in [-0.39, 0.29) is 11.7 Å². The van der Waals surface area contributed by atoms with Crippen molar-refractivity contribution >= 4 is 23.4 Å². The lowest BCUT2D eigenvalue weighted by Gasteiger charge is -2.35. The highest BCUT2D eigenvalue weighted by molar-refractivity contribution is 6.02. The third-order valence-electron chi connectivity index (χ3n) is 4.93. The Morgan fingerprint density at radius 2 is 1.93 bits per heavy atom. The van der Waals surface area contributed by atoms with E-state index in [2.05, 4.69) is 34.2 Å². The molecule has 1 aliphatic heterocycles. The maximum absolute atomic E-state index is 13.2. The van der Waals surface area contributed by atoms with Crippen LogP contribution in [0.15, 0.2) is 48.5 Å². The van der Waals surface area contributed by atoms with Gasteiger partial charge in [-0.1, -0.05) is 19.1 Å². The summed E-state index contributed by atoms with van der Waals surface area (Å²) >= 11 is 0. The van der Waals surface area contributed by atoms with Gasteiger partial charge < -0.3 is 15.1 Å². The van der Waals surface area contributed by atoms with Crippen LogP contribution in [-0.2, 0) is 4.79 Å². The van der Waals surface area contributed by atoms with Gasteiger partial charge in [0.15, 0.2) is 0 Å². The molecule has 2 aromatic rings. The second kappa shape index (κ2) is 8.82. The summed E-state index contributed by atoms with van der Waals surface area (Å²) in [5.41, 5.74) is 3.66. The average Bonchev–Trinajstić information content (AvgIpc) is 2.68. The zero-order chi connectivity index (χ0) is 19.2. The number of amides is 1. The van der Waals surface area contributed by atoms with Crippen LogP contribution in [-0.4, -0.2) is 43.5 Å². The first-order chi connectivity index (χ1) is 13.0. The summed E-state index contributed by atoms with van der Waals surface area (Å²) in [4.78, 5) is 17.0. The van der Waals surface area contributed by atoms with E-state index in [1.807, 2.05) is 13.0 Å². The van der Waals surface area contributed by atoms with E-state index < -0.39 is 0 Å². The van der Waals surface area contributed by atoms with Gasteiger partial charge in [0.2, 0.25) is 5.91 Å². The van der Waals surface area contributed by atoms with E-state index in [0.717, 1.165) is 44.0 Å². The topological polar surface area (TPSA) is 35.6 Å². The minimum Gasteiger partial charge on any atom is -0.369 e. The van der Waals surface area contributed by atoms with Gasteiger partial charge in [-0.15, -0.1) is 0 Å². The maximum atomic E-state index is 13.2. The Morgan fingerprint density at radius 3 is 2.59 bits per heavy atom. The fraction of sp³-hybridized carbons (Fsp3) is 0.318. The Hall–Kier alpha value is -2.66. The summed E-state index contributed by atoms with van der Waals surface area (Å²) in [5.74, 6) is -0.546. The Labute approximate surface area is 160 Å². The van der Waals surface area contributed by atoms with E-state index in [4.69, 9.17) is 0 Å². The summed E-state index contributed by atoms with van der Waals surface area (Å²) in [5, 5.41) is 2.90. The maximum Gasteiger partial charge on any atom is 0.248 e. The second-order valence-corrected chi connectivity index (χ2v) is 6.80. The molecule has 4 nitrogen and oxygen atoms in total. The lowest BCUT2D eigenvalue weighted by Crippen LogP contribution is -2.46. The average molecular weight is 367 g/mol. The molecular weight excluding hydrogens is 341 g/mol. The third-order valence-corrected chi connectivity index (χ3v) is 4.93. The highest BCUT2D eigenvalue weighted by Crippen LogP contribution is 2.24. The summed E-state index contributed by atoms with van der Waals surface area (Å²) in [6.07, 6.45) is 3.03. The molecule has 1 aliphatic rings. The number of anilines is 2. The molecule has 1 N–H and O–H groups in total. The van der Waals surface area contributed by atoms with Crippen molar-refractivity contribution in [2.45, 2.75) is 13.8 Å². The number of likely N-dealkylation sites (N-methyl/N-ethyl adjacent to an activating group) is 1. The van der Waals surface area contributed by atoms with Gasteiger partial charge in [0, 0.05) is 43.6 Å². The molecule has 2 aromatic carbocycles. The molecule has 1 saturated heterocycles. The minimum absolute atomic E-state index is 0.230. The van der Waals surface area contributed by atoms with Gasteiger partial charge in [-0.2, -0.15) is 0 Å². The lowest BCUT2D eigenvalue weighted by atomic mass is 10.1. The van der Waals surface area contributed by atoms with Crippen LogP contribution in [0, 0.1) is 12.7 Å². The zero-order valence-corrected chi connectivity index (χ0v) is 15.9. The number of benzene rings is 2. The van der Waals surface area contributed by atoms with Crippen molar-refractivity contribution in [3.63, 3.8) is 0 Å². The number of hydrogen-bond donors (Lipinski definition) is 1. The molecule has 142 valence electrons. The van der Waals surface area contributed by atoms with Crippen molar-refractivity contribution in [2.75, 3.05) is 42.9 Å². The van der Waals surface area contributed by atoms with Crippen molar-refractivity contribution < 1.29 is 9.18 Å². The smallest absolute Gasteiger partial charge is 0.248 e. The van der Waals surface area contributed by atoms with Gasteiger partial charge in [-0.25, -0.2) is 4.39 Å². The molecule has 1 heterocycles. The normalized spacial score (nSPS) is 15.3. The number of nitrogens with one attached hydrogen (secondary N) is 1.